The number of ether oxygens (including phenoxy) is 1. The van der Waals surface area contributed by atoms with Crippen molar-refractivity contribution in [3.05, 3.63) is 55.6 Å². The van der Waals surface area contributed by atoms with Gasteiger partial charge >= 0.3 is 0 Å². The number of hydrogen-bond acceptors (Lipinski definition) is 3. The number of benzene rings is 2. The first-order chi connectivity index (χ1) is 10.9. The number of nitrogens with one attached hydrogen (secondary N) is 2. The largest absolute Gasteiger partial charge is 0.496 e. The van der Waals surface area contributed by atoms with E-state index in [0.29, 0.717) is 27.0 Å². The van der Waals surface area contributed by atoms with Gasteiger partial charge in [-0.3, -0.25) is 10.1 Å². The van der Waals surface area contributed by atoms with Gasteiger partial charge in [-0.2, -0.15) is 0 Å². The Kier molecular flexibility index (Phi) is 6.46. The second-order valence-corrected chi connectivity index (χ2v) is 6.80. The number of thiocarbonyl (C=S) groups is 1. The van der Waals surface area contributed by atoms with E-state index in [1.54, 1.807) is 43.5 Å². The van der Waals surface area contributed by atoms with Crippen LogP contribution in [0.4, 0.5) is 5.69 Å². The van der Waals surface area contributed by atoms with Gasteiger partial charge in [0, 0.05) is 10.6 Å². The molecule has 0 saturated carbocycles. The smallest absolute Gasteiger partial charge is 0.257 e. The molecule has 2 aromatic carbocycles. The van der Waals surface area contributed by atoms with Gasteiger partial charge in [0.2, 0.25) is 0 Å². The minimum Gasteiger partial charge on any atom is -0.496 e. The highest BCUT2D eigenvalue weighted by Gasteiger charge is 2.11. The zero-order valence-electron chi connectivity index (χ0n) is 11.8. The molecule has 0 unspecified atom stereocenters. The molecule has 0 radical (unpaired) electrons. The third-order valence-electron chi connectivity index (χ3n) is 2.82. The maximum atomic E-state index is 12.2. The van der Waals surface area contributed by atoms with Crippen molar-refractivity contribution < 1.29 is 9.53 Å². The molecule has 0 aliphatic rings. The number of halogens is 3. The number of anilines is 1. The van der Waals surface area contributed by atoms with Crippen LogP contribution in [0.3, 0.4) is 0 Å². The van der Waals surface area contributed by atoms with Gasteiger partial charge in [0.05, 0.1) is 21.4 Å². The lowest BCUT2D eigenvalue weighted by Gasteiger charge is -2.12. The average molecular weight is 481 g/mol. The van der Waals surface area contributed by atoms with Crippen LogP contribution in [-0.4, -0.2) is 18.1 Å². The Labute approximate surface area is 162 Å². The summed E-state index contributed by atoms with van der Waals surface area (Å²) in [4.78, 5) is 12.2. The van der Waals surface area contributed by atoms with Crippen LogP contribution in [-0.2, 0) is 0 Å². The van der Waals surface area contributed by atoms with Crippen LogP contribution < -0.4 is 15.4 Å². The number of amides is 1. The molecule has 0 heterocycles. The molecule has 4 nitrogen and oxygen atoms in total. The Morgan fingerprint density at radius 3 is 2.61 bits per heavy atom. The molecule has 2 aromatic rings. The van der Waals surface area contributed by atoms with Crippen molar-refractivity contribution in [2.75, 3.05) is 12.4 Å². The Balaban J connectivity index is 2.06. The molecule has 0 aromatic heterocycles. The van der Waals surface area contributed by atoms with E-state index >= 15 is 0 Å². The first-order valence-electron chi connectivity index (χ1n) is 6.31. The normalized spacial score (nSPS) is 10.1. The zero-order valence-corrected chi connectivity index (χ0v) is 16.3. The van der Waals surface area contributed by atoms with E-state index in [-0.39, 0.29) is 11.0 Å². The van der Waals surface area contributed by atoms with E-state index in [2.05, 4.69) is 33.2 Å². The summed E-state index contributed by atoms with van der Waals surface area (Å²) >= 11 is 19.2. The monoisotopic (exact) mass is 480 g/mol. The molecule has 0 bridgehead atoms. The highest BCUT2D eigenvalue weighted by molar-refractivity contribution is 14.1. The van der Waals surface area contributed by atoms with Crippen LogP contribution in [0.1, 0.15) is 10.4 Å². The summed E-state index contributed by atoms with van der Waals surface area (Å²) in [6, 6.07) is 10.0. The van der Waals surface area contributed by atoms with Crippen molar-refractivity contribution in [2.24, 2.45) is 0 Å². The van der Waals surface area contributed by atoms with Gasteiger partial charge in [-0.25, -0.2) is 0 Å². The zero-order chi connectivity index (χ0) is 17.0. The summed E-state index contributed by atoms with van der Waals surface area (Å²) in [5.74, 6) is 0.370. The maximum Gasteiger partial charge on any atom is 0.257 e. The Hall–Kier alpha value is -1.09. The molecule has 0 aliphatic carbocycles. The number of carbonyl (C=O) groups is 1. The van der Waals surface area contributed by atoms with Crippen LogP contribution >= 0.6 is 58.0 Å². The third-order valence-corrected chi connectivity index (χ3v) is 4.43. The Morgan fingerprint density at radius 1 is 1.22 bits per heavy atom. The summed E-state index contributed by atoms with van der Waals surface area (Å²) < 4.78 is 5.99. The van der Waals surface area contributed by atoms with Gasteiger partial charge in [-0.15, -0.1) is 0 Å². The van der Waals surface area contributed by atoms with Crippen molar-refractivity contribution in [2.45, 2.75) is 0 Å². The van der Waals surface area contributed by atoms with Crippen LogP contribution in [0.25, 0.3) is 0 Å². The van der Waals surface area contributed by atoms with Gasteiger partial charge in [0.15, 0.2) is 5.11 Å². The number of hydrogen-bond donors (Lipinski definition) is 2. The molecule has 2 N–H and O–H groups in total. The summed E-state index contributed by atoms with van der Waals surface area (Å²) in [5, 5.41) is 6.53. The number of methoxy groups -OCH3 is 1. The van der Waals surface area contributed by atoms with Crippen molar-refractivity contribution in [3.8, 4) is 5.75 Å². The lowest BCUT2D eigenvalue weighted by Crippen LogP contribution is -2.34. The minimum atomic E-state index is -0.332. The third kappa shape index (κ3) is 4.94. The van der Waals surface area contributed by atoms with Crippen LogP contribution in [0, 0.1) is 3.57 Å². The van der Waals surface area contributed by atoms with Crippen LogP contribution in [0.15, 0.2) is 36.4 Å². The van der Waals surface area contributed by atoms with Crippen LogP contribution in [0.2, 0.25) is 10.0 Å². The molecule has 8 heteroatoms. The summed E-state index contributed by atoms with van der Waals surface area (Å²) in [7, 11) is 1.57. The van der Waals surface area contributed by atoms with Crippen molar-refractivity contribution >= 4 is 74.7 Å². The first-order valence-corrected chi connectivity index (χ1v) is 8.56. The number of rotatable bonds is 3. The highest BCUT2D eigenvalue weighted by atomic mass is 127. The topological polar surface area (TPSA) is 50.4 Å². The van der Waals surface area contributed by atoms with E-state index in [1.807, 2.05) is 0 Å². The number of carbonyl (C=O) groups excluding carboxylic acids is 1. The molecule has 120 valence electrons. The van der Waals surface area contributed by atoms with Gasteiger partial charge in [0.1, 0.15) is 5.75 Å². The van der Waals surface area contributed by atoms with Crippen molar-refractivity contribution in [1.29, 1.82) is 0 Å². The molecule has 0 saturated heterocycles. The maximum absolute atomic E-state index is 12.2. The SMILES string of the molecule is COc1ccc(C(=O)NC(=S)Nc2cc(Cl)ccc2Cl)cc1I. The summed E-state index contributed by atoms with van der Waals surface area (Å²) in [5.41, 5.74) is 0.991. The Bertz CT molecular complexity index is 771. The van der Waals surface area contributed by atoms with E-state index in [9.17, 15) is 4.79 Å². The first kappa shape index (κ1) is 18.3. The molecule has 0 atom stereocenters. The molecular formula is C15H11Cl2IN2O2S. The fraction of sp³-hybridized carbons (Fsp3) is 0.0667. The van der Waals surface area contributed by atoms with Gasteiger partial charge in [0.25, 0.3) is 5.91 Å². The second-order valence-electron chi connectivity index (χ2n) is 4.38. The summed E-state index contributed by atoms with van der Waals surface area (Å²) in [6.45, 7) is 0. The van der Waals surface area contributed by atoms with Crippen molar-refractivity contribution in [1.82, 2.24) is 5.32 Å². The van der Waals surface area contributed by atoms with Crippen LogP contribution in [0.5, 0.6) is 5.75 Å². The van der Waals surface area contributed by atoms with E-state index in [1.165, 1.54) is 0 Å². The predicted molar refractivity (Wildman–Crippen MR) is 106 cm³/mol. The van der Waals surface area contributed by atoms with Gasteiger partial charge in [-0.1, -0.05) is 23.2 Å². The predicted octanol–water partition coefficient (Wildman–Crippen LogP) is 4.73. The van der Waals surface area contributed by atoms with E-state index in [4.69, 9.17) is 40.2 Å². The fourth-order valence-corrected chi connectivity index (χ4v) is 3.00. The average Bonchev–Trinajstić information content (AvgIpc) is 2.50. The standard InChI is InChI=1S/C15H11Cl2IN2O2S/c1-22-13-5-2-8(6-11(13)18)14(21)20-15(23)19-12-7-9(16)3-4-10(12)17/h2-7H,1H3,(H2,19,20,21,23). The molecule has 1 amide bonds. The van der Waals surface area contributed by atoms with Gasteiger partial charge in [-0.05, 0) is 71.2 Å². The lowest BCUT2D eigenvalue weighted by atomic mass is 10.2. The second kappa shape index (κ2) is 8.14. The molecule has 0 spiro atoms. The molecule has 0 aliphatic heterocycles. The van der Waals surface area contributed by atoms with Gasteiger partial charge < -0.3 is 10.1 Å². The lowest BCUT2D eigenvalue weighted by molar-refractivity contribution is 0.0977. The summed E-state index contributed by atoms with van der Waals surface area (Å²) in [6.07, 6.45) is 0. The molecule has 0 fully saturated rings. The molecule has 23 heavy (non-hydrogen) atoms. The quantitative estimate of drug-likeness (QED) is 0.492. The highest BCUT2D eigenvalue weighted by Crippen LogP contribution is 2.25. The fourth-order valence-electron chi connectivity index (χ4n) is 1.73. The van der Waals surface area contributed by atoms with E-state index < -0.39 is 0 Å². The Morgan fingerprint density at radius 2 is 1.96 bits per heavy atom. The minimum absolute atomic E-state index is 0.130. The van der Waals surface area contributed by atoms with Crippen molar-refractivity contribution in [3.63, 3.8) is 0 Å². The molecule has 2 rings (SSSR count). The van der Waals surface area contributed by atoms with E-state index in [0.717, 1.165) is 3.57 Å². The molecular weight excluding hydrogens is 470 g/mol.